The molecule has 0 spiro atoms. The minimum absolute atomic E-state index is 0.0513. The van der Waals surface area contributed by atoms with Gasteiger partial charge in [-0.15, -0.1) is 0 Å². The Balaban J connectivity index is 4.28. The number of hydrogen-bond donors (Lipinski definition) is 0. The van der Waals surface area contributed by atoms with E-state index in [0.29, 0.717) is 6.42 Å². The fourth-order valence-electron chi connectivity index (χ4n) is 1.19. The van der Waals surface area contributed by atoms with E-state index in [1.54, 1.807) is 13.8 Å². The summed E-state index contributed by atoms with van der Waals surface area (Å²) in [5.74, 6) is -0.699. The predicted octanol–water partition coefficient (Wildman–Crippen LogP) is 3.62. The molecule has 0 aliphatic heterocycles. The van der Waals surface area contributed by atoms with Gasteiger partial charge in [0.15, 0.2) is 0 Å². The molecule has 0 fully saturated rings. The fourth-order valence-corrected chi connectivity index (χ4v) is 2.16. The number of carbonyl (C=O) groups is 1. The van der Waals surface area contributed by atoms with Crippen LogP contribution in [0.2, 0.25) is 0 Å². The number of halogens is 3. The van der Waals surface area contributed by atoms with Gasteiger partial charge >= 0.3 is 0 Å². The summed E-state index contributed by atoms with van der Waals surface area (Å²) in [6, 6.07) is 0. The Morgan fingerprint density at radius 1 is 1.43 bits per heavy atom. The number of carbonyl (C=O) groups excluding carboxylic acids is 1. The van der Waals surface area contributed by atoms with Crippen LogP contribution in [0.5, 0.6) is 0 Å². The van der Waals surface area contributed by atoms with Crippen molar-refractivity contribution in [3.8, 4) is 0 Å². The van der Waals surface area contributed by atoms with Gasteiger partial charge in [0.05, 0.1) is 0 Å². The van der Waals surface area contributed by atoms with E-state index in [2.05, 4.69) is 4.51 Å². The summed E-state index contributed by atoms with van der Waals surface area (Å²) in [5.41, 5.74) is 0. The number of hydrogen-bond acceptors (Lipinski definition) is 1. The molecule has 0 aliphatic carbocycles. The first-order valence-electron chi connectivity index (χ1n) is 4.65. The molecule has 0 aromatic carbocycles. The van der Waals surface area contributed by atoms with Crippen LogP contribution in [-0.4, -0.2) is 14.2 Å². The summed E-state index contributed by atoms with van der Waals surface area (Å²) in [4.78, 5) is 11.5. The number of Topliss-reactive ketones (excluding diaryl/α,β-unsaturated/α-hetero) is 1. The van der Waals surface area contributed by atoms with Gasteiger partial charge in [0, 0.05) is 18.3 Å². The Hall–Kier alpha value is 0.130. The van der Waals surface area contributed by atoms with Crippen LogP contribution in [0.1, 0.15) is 33.6 Å². The monoisotopic (exact) mass is 318 g/mol. The smallest absolute Gasteiger partial charge is 0.291 e. The predicted molar refractivity (Wildman–Crippen MR) is 64.3 cm³/mol. The van der Waals surface area contributed by atoms with Crippen molar-refractivity contribution in [3.63, 3.8) is 0 Å². The topological polar surface area (TPSA) is 17.1 Å². The van der Waals surface area contributed by atoms with E-state index >= 15 is 0 Å². The van der Waals surface area contributed by atoms with Crippen LogP contribution in [0.15, 0.2) is 0 Å². The minimum atomic E-state index is -2.69. The number of ketones is 1. The zero-order valence-electron chi connectivity index (χ0n) is 8.82. The van der Waals surface area contributed by atoms with Crippen molar-refractivity contribution in [2.75, 3.05) is 0 Å². The zero-order valence-corrected chi connectivity index (χ0v) is 11.0. The van der Waals surface area contributed by atoms with Crippen molar-refractivity contribution in [2.24, 2.45) is 11.8 Å². The molecule has 2 atom stereocenters. The van der Waals surface area contributed by atoms with Crippen molar-refractivity contribution in [3.05, 3.63) is 0 Å². The van der Waals surface area contributed by atoms with Crippen LogP contribution in [0.25, 0.3) is 0 Å². The van der Waals surface area contributed by atoms with Crippen LogP contribution in [0, 0.1) is 11.8 Å². The second-order valence-corrected chi connectivity index (χ2v) is 5.91. The molecule has 0 N–H and O–H groups in total. The Bertz CT molecular complexity index is 216. The first-order chi connectivity index (χ1) is 6.34. The van der Waals surface area contributed by atoms with Gasteiger partial charge in [-0.05, 0) is 6.42 Å². The van der Waals surface area contributed by atoms with Gasteiger partial charge in [-0.3, -0.25) is 4.79 Å². The van der Waals surface area contributed by atoms with Crippen molar-refractivity contribution >= 4 is 31.0 Å². The molecule has 14 heavy (non-hydrogen) atoms. The van der Waals surface area contributed by atoms with Crippen molar-refractivity contribution in [1.29, 1.82) is 0 Å². The lowest BCUT2D eigenvalue weighted by molar-refractivity contribution is -0.127. The lowest BCUT2D eigenvalue weighted by Crippen LogP contribution is -2.24. The molecule has 0 aromatic heterocycles. The molecule has 4 heteroatoms. The van der Waals surface area contributed by atoms with E-state index in [1.165, 1.54) is 0 Å². The largest absolute Gasteiger partial charge is 0.299 e. The van der Waals surface area contributed by atoms with Crippen LogP contribution < -0.4 is 0 Å². The SMILES string of the molecule is C=IC(F)(F)C[C@H](C)C(=O)C(C)CC. The van der Waals surface area contributed by atoms with Gasteiger partial charge < -0.3 is 0 Å². The van der Waals surface area contributed by atoms with Crippen LogP contribution >= 0.6 is 20.7 Å². The molecule has 1 nitrogen and oxygen atoms in total. The molecule has 0 amide bonds. The van der Waals surface area contributed by atoms with Gasteiger partial charge in [0.2, 0.25) is 0 Å². The average Bonchev–Trinajstić information content (AvgIpc) is 2.14. The van der Waals surface area contributed by atoms with Gasteiger partial charge in [-0.25, -0.2) is 0 Å². The van der Waals surface area contributed by atoms with Crippen LogP contribution in [0.4, 0.5) is 8.78 Å². The van der Waals surface area contributed by atoms with E-state index < -0.39 is 30.6 Å². The molecular weight excluding hydrogens is 301 g/mol. The second kappa shape index (κ2) is 5.88. The number of rotatable bonds is 6. The highest BCUT2D eigenvalue weighted by Gasteiger charge is 2.31. The zero-order chi connectivity index (χ0) is 11.4. The summed E-state index contributed by atoms with van der Waals surface area (Å²) < 4.78 is 26.5. The minimum Gasteiger partial charge on any atom is -0.299 e. The molecule has 0 bridgehead atoms. The Morgan fingerprint density at radius 2 is 1.93 bits per heavy atom. The molecule has 0 heterocycles. The lowest BCUT2D eigenvalue weighted by Gasteiger charge is -2.18. The van der Waals surface area contributed by atoms with Crippen molar-refractivity contribution in [1.82, 2.24) is 0 Å². The van der Waals surface area contributed by atoms with E-state index in [4.69, 9.17) is 0 Å². The molecule has 0 aromatic rings. The normalized spacial score (nSPS) is 16.4. The maximum absolute atomic E-state index is 13.0. The highest BCUT2D eigenvalue weighted by molar-refractivity contribution is 14.2. The fraction of sp³-hybridized carbons (Fsp3) is 0.800. The second-order valence-electron chi connectivity index (χ2n) is 3.57. The Labute approximate surface area is 94.0 Å². The summed E-state index contributed by atoms with van der Waals surface area (Å²) >= 11 is -1.36. The molecular formula is C10H17F2IO. The first kappa shape index (κ1) is 14.1. The maximum atomic E-state index is 13.0. The summed E-state index contributed by atoms with van der Waals surface area (Å²) in [6.45, 7) is 5.26. The quantitative estimate of drug-likeness (QED) is 0.540. The van der Waals surface area contributed by atoms with Crippen molar-refractivity contribution < 1.29 is 13.6 Å². The van der Waals surface area contributed by atoms with E-state index in [9.17, 15) is 13.6 Å². The van der Waals surface area contributed by atoms with Gasteiger partial charge in [-0.1, -0.05) is 46.0 Å². The third-order valence-corrected chi connectivity index (χ3v) is 3.87. The molecule has 84 valence electrons. The van der Waals surface area contributed by atoms with Gasteiger partial charge in [-0.2, -0.15) is 8.78 Å². The first-order valence-corrected chi connectivity index (χ1v) is 7.25. The molecule has 0 radical (unpaired) electrons. The molecule has 0 rings (SSSR count). The summed E-state index contributed by atoms with van der Waals surface area (Å²) in [5, 5.41) is 0. The standard InChI is InChI=1S/C10H17F2IO/c1-5-7(2)9(14)8(3)6-10(11,12)13-4/h7-8H,4-6H2,1-3H3/t7?,8-/m0/s1. The van der Waals surface area contributed by atoms with Gasteiger partial charge in [0.25, 0.3) is 3.93 Å². The molecule has 0 saturated carbocycles. The summed E-state index contributed by atoms with van der Waals surface area (Å²) in [7, 11) is 0. The van der Waals surface area contributed by atoms with E-state index in [-0.39, 0.29) is 18.1 Å². The lowest BCUT2D eigenvalue weighted by atomic mass is 9.91. The maximum Gasteiger partial charge on any atom is 0.291 e. The van der Waals surface area contributed by atoms with Crippen molar-refractivity contribution in [2.45, 2.75) is 37.5 Å². The van der Waals surface area contributed by atoms with Crippen LogP contribution in [-0.2, 0) is 4.79 Å². The summed E-state index contributed by atoms with van der Waals surface area (Å²) in [6.07, 6.45) is 0.390. The molecule has 1 unspecified atom stereocenters. The third kappa shape index (κ3) is 4.57. The highest BCUT2D eigenvalue weighted by Crippen LogP contribution is 2.34. The molecule has 0 saturated heterocycles. The average molecular weight is 318 g/mol. The van der Waals surface area contributed by atoms with E-state index in [1.807, 2.05) is 6.92 Å². The van der Waals surface area contributed by atoms with Crippen LogP contribution in [0.3, 0.4) is 0 Å². The Kier molecular flexibility index (Phi) is 5.93. The molecule has 0 aliphatic rings. The van der Waals surface area contributed by atoms with Gasteiger partial charge in [0.1, 0.15) is 5.78 Å². The Morgan fingerprint density at radius 3 is 2.29 bits per heavy atom. The highest BCUT2D eigenvalue weighted by atomic mass is 127. The third-order valence-electron chi connectivity index (χ3n) is 2.32. The number of alkyl halides is 3. The van der Waals surface area contributed by atoms with E-state index in [0.717, 1.165) is 0 Å².